The summed E-state index contributed by atoms with van der Waals surface area (Å²) in [5, 5.41) is 13.4. The molecule has 1 aliphatic rings. The predicted octanol–water partition coefficient (Wildman–Crippen LogP) is 2.84. The zero-order valence-corrected chi connectivity index (χ0v) is 14.1. The second-order valence-corrected chi connectivity index (χ2v) is 7.50. The van der Waals surface area contributed by atoms with Gasteiger partial charge in [-0.05, 0) is 30.3 Å². The Morgan fingerprint density at radius 2 is 1.88 bits per heavy atom. The zero-order valence-electron chi connectivity index (χ0n) is 12.5. The molecule has 0 aromatic heterocycles. The van der Waals surface area contributed by atoms with Crippen LogP contribution in [0.25, 0.3) is 5.76 Å². The minimum Gasteiger partial charge on any atom is -0.505 e. The van der Waals surface area contributed by atoms with Crippen molar-refractivity contribution in [3.8, 4) is 0 Å². The van der Waals surface area contributed by atoms with Crippen LogP contribution in [-0.4, -0.2) is 30.8 Å². The van der Waals surface area contributed by atoms with E-state index in [-0.39, 0.29) is 16.2 Å². The van der Waals surface area contributed by atoms with Gasteiger partial charge >= 0.3 is 0 Å². The van der Waals surface area contributed by atoms with Crippen LogP contribution in [0.2, 0.25) is 5.02 Å². The molecule has 0 saturated carbocycles. The molecule has 0 spiro atoms. The lowest BCUT2D eigenvalue weighted by Gasteiger charge is -2.28. The van der Waals surface area contributed by atoms with Crippen LogP contribution < -0.4 is 5.32 Å². The summed E-state index contributed by atoms with van der Waals surface area (Å²) >= 11 is 5.86. The maximum absolute atomic E-state index is 12.6. The third kappa shape index (κ3) is 2.61. The normalized spacial score (nSPS) is 15.8. The molecule has 24 heavy (non-hydrogen) atoms. The zero-order chi connectivity index (χ0) is 17.5. The number of benzene rings is 2. The fraction of sp³-hybridized carbons (Fsp3) is 0.0625. The molecule has 2 aromatic rings. The fourth-order valence-corrected chi connectivity index (χ4v) is 4.03. The number of fused-ring (bicyclic) bond motifs is 1. The maximum atomic E-state index is 12.6. The van der Waals surface area contributed by atoms with Crippen LogP contribution in [0.1, 0.15) is 5.56 Å². The van der Waals surface area contributed by atoms with E-state index in [1.165, 1.54) is 25.2 Å². The Hall–Kier alpha value is -2.51. The number of aliphatic hydroxyl groups is 1. The van der Waals surface area contributed by atoms with E-state index in [1.54, 1.807) is 30.3 Å². The summed E-state index contributed by atoms with van der Waals surface area (Å²) < 4.78 is 25.9. The van der Waals surface area contributed by atoms with Gasteiger partial charge in [0.25, 0.3) is 15.9 Å². The Labute approximate surface area is 144 Å². The number of likely N-dealkylation sites (N-methyl/N-ethyl adjacent to an activating group) is 1. The van der Waals surface area contributed by atoms with Crippen molar-refractivity contribution in [1.29, 1.82) is 0 Å². The molecule has 0 aliphatic carbocycles. The van der Waals surface area contributed by atoms with Crippen molar-refractivity contribution >= 4 is 39.0 Å². The second-order valence-electron chi connectivity index (χ2n) is 5.13. The Morgan fingerprint density at radius 3 is 2.58 bits per heavy atom. The van der Waals surface area contributed by atoms with Gasteiger partial charge in [0.2, 0.25) is 0 Å². The minimum absolute atomic E-state index is 0.0516. The van der Waals surface area contributed by atoms with Crippen LogP contribution in [0.5, 0.6) is 0 Å². The molecular weight excluding hydrogens is 352 g/mol. The second kappa shape index (κ2) is 5.85. The third-order valence-corrected chi connectivity index (χ3v) is 5.67. The fourth-order valence-electron chi connectivity index (χ4n) is 2.44. The average molecular weight is 365 g/mol. The molecule has 124 valence electrons. The summed E-state index contributed by atoms with van der Waals surface area (Å²) in [5.41, 5.74) is 0.123. The summed E-state index contributed by atoms with van der Waals surface area (Å²) in [6.07, 6.45) is 0. The van der Waals surface area contributed by atoms with Gasteiger partial charge in [-0.2, -0.15) is 0 Å². The molecule has 1 amide bonds. The lowest BCUT2D eigenvalue weighted by molar-refractivity contribution is -0.113. The molecule has 1 aliphatic heterocycles. The maximum Gasteiger partial charge on any atom is 0.276 e. The number of sulfonamides is 1. The third-order valence-electron chi connectivity index (χ3n) is 3.62. The number of carbonyl (C=O) groups is 1. The van der Waals surface area contributed by atoms with Crippen molar-refractivity contribution in [3.63, 3.8) is 0 Å². The number of hydrogen-bond donors (Lipinski definition) is 2. The number of halogens is 1. The van der Waals surface area contributed by atoms with Gasteiger partial charge in [-0.25, -0.2) is 8.42 Å². The van der Waals surface area contributed by atoms with Crippen molar-refractivity contribution in [2.24, 2.45) is 0 Å². The predicted molar refractivity (Wildman–Crippen MR) is 91.0 cm³/mol. The number of nitrogens with one attached hydrogen (secondary N) is 1. The van der Waals surface area contributed by atoms with Gasteiger partial charge in [0.15, 0.2) is 11.5 Å². The minimum atomic E-state index is -3.92. The van der Waals surface area contributed by atoms with E-state index >= 15 is 0 Å². The molecular formula is C16H13ClN2O4S. The summed E-state index contributed by atoms with van der Waals surface area (Å²) in [4.78, 5) is 12.5. The Balaban J connectivity index is 2.08. The smallest absolute Gasteiger partial charge is 0.276 e. The van der Waals surface area contributed by atoms with Gasteiger partial charge in [-0.1, -0.05) is 29.8 Å². The van der Waals surface area contributed by atoms with Gasteiger partial charge in [0.1, 0.15) is 0 Å². The number of anilines is 1. The van der Waals surface area contributed by atoms with Crippen molar-refractivity contribution in [3.05, 3.63) is 64.8 Å². The van der Waals surface area contributed by atoms with Crippen molar-refractivity contribution < 1.29 is 18.3 Å². The molecule has 0 unspecified atom stereocenters. The number of rotatable bonds is 2. The van der Waals surface area contributed by atoms with E-state index < -0.39 is 21.7 Å². The molecule has 0 atom stereocenters. The van der Waals surface area contributed by atoms with E-state index in [2.05, 4.69) is 5.32 Å². The van der Waals surface area contributed by atoms with Crippen molar-refractivity contribution in [1.82, 2.24) is 4.31 Å². The van der Waals surface area contributed by atoms with Crippen LogP contribution in [0.4, 0.5) is 5.69 Å². The Bertz CT molecular complexity index is 970. The largest absolute Gasteiger partial charge is 0.505 e. The highest BCUT2D eigenvalue weighted by Crippen LogP contribution is 2.34. The van der Waals surface area contributed by atoms with E-state index in [9.17, 15) is 18.3 Å². The first kappa shape index (κ1) is 16.4. The standard InChI is InChI=1S/C16H13ClN2O4S/c1-19-14(16(21)18-11-6-4-5-10(17)9-11)15(20)12-7-2-3-8-13(12)24(19,22)23/h2-9,20H,1H3,(H,18,21). The highest BCUT2D eigenvalue weighted by molar-refractivity contribution is 7.89. The Morgan fingerprint density at radius 1 is 1.17 bits per heavy atom. The van der Waals surface area contributed by atoms with Crippen molar-refractivity contribution in [2.45, 2.75) is 4.90 Å². The van der Waals surface area contributed by atoms with Gasteiger partial charge in [-0.15, -0.1) is 0 Å². The molecule has 6 nitrogen and oxygen atoms in total. The monoisotopic (exact) mass is 364 g/mol. The SMILES string of the molecule is CN1C(C(=O)Nc2cccc(Cl)c2)=C(O)c2ccccc2S1(=O)=O. The molecule has 0 saturated heterocycles. The van der Waals surface area contributed by atoms with Gasteiger partial charge in [-0.3, -0.25) is 9.10 Å². The van der Waals surface area contributed by atoms with Gasteiger partial charge in [0.05, 0.1) is 4.90 Å². The van der Waals surface area contributed by atoms with E-state index in [0.29, 0.717) is 10.7 Å². The molecule has 3 rings (SSSR count). The first-order valence-corrected chi connectivity index (χ1v) is 8.72. The van der Waals surface area contributed by atoms with Crippen LogP contribution in [0.3, 0.4) is 0 Å². The lowest BCUT2D eigenvalue weighted by Crippen LogP contribution is -2.37. The van der Waals surface area contributed by atoms with E-state index in [1.807, 2.05) is 0 Å². The van der Waals surface area contributed by atoms with Crippen LogP contribution in [0, 0.1) is 0 Å². The van der Waals surface area contributed by atoms with Crippen LogP contribution in [0.15, 0.2) is 59.1 Å². The first-order valence-electron chi connectivity index (χ1n) is 6.91. The summed E-state index contributed by atoms with van der Waals surface area (Å²) in [5.74, 6) is -1.15. The number of amides is 1. The van der Waals surface area contributed by atoms with Crippen molar-refractivity contribution in [2.75, 3.05) is 12.4 Å². The van der Waals surface area contributed by atoms with E-state index in [0.717, 1.165) is 4.31 Å². The Kier molecular flexibility index (Phi) is 3.98. The average Bonchev–Trinajstić information content (AvgIpc) is 2.53. The molecule has 1 heterocycles. The molecule has 2 N–H and O–H groups in total. The summed E-state index contributed by atoms with van der Waals surface area (Å²) in [7, 11) is -2.70. The van der Waals surface area contributed by atoms with Crippen LogP contribution in [-0.2, 0) is 14.8 Å². The number of nitrogens with zero attached hydrogens (tertiary/aromatic N) is 1. The molecule has 0 bridgehead atoms. The summed E-state index contributed by atoms with van der Waals surface area (Å²) in [6, 6.07) is 12.4. The lowest BCUT2D eigenvalue weighted by atomic mass is 10.1. The summed E-state index contributed by atoms with van der Waals surface area (Å²) in [6.45, 7) is 0. The molecule has 8 heteroatoms. The quantitative estimate of drug-likeness (QED) is 0.857. The highest BCUT2D eigenvalue weighted by atomic mass is 35.5. The number of hydrogen-bond acceptors (Lipinski definition) is 4. The topological polar surface area (TPSA) is 86.7 Å². The molecule has 0 fully saturated rings. The van der Waals surface area contributed by atoms with E-state index in [4.69, 9.17) is 11.6 Å². The number of carbonyl (C=O) groups excluding carboxylic acids is 1. The van der Waals surface area contributed by atoms with Crippen LogP contribution >= 0.6 is 11.6 Å². The molecule has 0 radical (unpaired) electrons. The number of aliphatic hydroxyl groups excluding tert-OH is 1. The molecule has 2 aromatic carbocycles. The first-order chi connectivity index (χ1) is 11.3. The highest BCUT2D eigenvalue weighted by Gasteiger charge is 2.37. The van der Waals surface area contributed by atoms with Gasteiger partial charge in [0, 0.05) is 23.3 Å². The van der Waals surface area contributed by atoms with Gasteiger partial charge < -0.3 is 10.4 Å².